The minimum absolute atomic E-state index is 0.0239. The molecule has 0 bridgehead atoms. The fourth-order valence-corrected chi connectivity index (χ4v) is 4.40. The van der Waals surface area contributed by atoms with E-state index < -0.39 is 6.04 Å². The molecule has 1 amide bonds. The molecule has 4 rings (SSSR count). The van der Waals surface area contributed by atoms with Crippen molar-refractivity contribution in [2.45, 2.75) is 12.0 Å². The smallest absolute Gasteiger partial charge is 0.267 e. The maximum absolute atomic E-state index is 12.9. The van der Waals surface area contributed by atoms with E-state index in [1.807, 2.05) is 30.3 Å². The van der Waals surface area contributed by atoms with Gasteiger partial charge in [-0.1, -0.05) is 28.1 Å². The first-order chi connectivity index (χ1) is 12.1. The number of hydrogen-bond donors (Lipinski definition) is 1. The van der Waals surface area contributed by atoms with Crippen LogP contribution in [-0.2, 0) is 0 Å². The highest BCUT2D eigenvalue weighted by atomic mass is 79.9. The molecule has 3 aromatic rings. The second-order valence-corrected chi connectivity index (χ2v) is 7.81. The maximum atomic E-state index is 12.9. The second-order valence-electron chi connectivity index (χ2n) is 5.89. The lowest BCUT2D eigenvalue weighted by Gasteiger charge is -2.44. The Bertz CT molecular complexity index is 1010. The standard InChI is InChI=1S/C18H13BrN4OS/c19-11-5-3-10(4-6-11)13-9-23(14(13)8-20)18(24)16-15(21)12-2-1-7-22-17(12)25-16/h1-7,13-14H,9,21H2. The summed E-state index contributed by atoms with van der Waals surface area (Å²) in [6.45, 7) is 0.514. The van der Waals surface area contributed by atoms with Crippen molar-refractivity contribution >= 4 is 49.1 Å². The number of carbonyl (C=O) groups excluding carboxylic acids is 1. The van der Waals surface area contributed by atoms with Crippen LogP contribution >= 0.6 is 27.3 Å². The molecule has 1 fully saturated rings. The average Bonchev–Trinajstić information content (AvgIpc) is 2.93. The van der Waals surface area contributed by atoms with Gasteiger partial charge in [-0.2, -0.15) is 5.26 Å². The van der Waals surface area contributed by atoms with Gasteiger partial charge >= 0.3 is 0 Å². The Morgan fingerprint density at radius 1 is 1.36 bits per heavy atom. The summed E-state index contributed by atoms with van der Waals surface area (Å²) in [5, 5.41) is 10.3. The van der Waals surface area contributed by atoms with Gasteiger partial charge in [0.15, 0.2) is 0 Å². The minimum Gasteiger partial charge on any atom is -0.397 e. The topological polar surface area (TPSA) is 83.0 Å². The molecule has 2 aromatic heterocycles. The van der Waals surface area contributed by atoms with Gasteiger partial charge in [-0.05, 0) is 29.8 Å². The summed E-state index contributed by atoms with van der Waals surface area (Å²) < 4.78 is 0.988. The van der Waals surface area contributed by atoms with Gasteiger partial charge in [-0.15, -0.1) is 11.3 Å². The van der Waals surface area contributed by atoms with Gasteiger partial charge in [-0.3, -0.25) is 4.79 Å². The lowest BCUT2D eigenvalue weighted by molar-refractivity contribution is 0.0492. The summed E-state index contributed by atoms with van der Waals surface area (Å²) in [5.41, 5.74) is 7.65. The molecule has 5 nitrogen and oxygen atoms in total. The number of thiophene rings is 1. The summed E-state index contributed by atoms with van der Waals surface area (Å²) in [6.07, 6.45) is 1.68. The van der Waals surface area contributed by atoms with Crippen LogP contribution < -0.4 is 5.73 Å². The van der Waals surface area contributed by atoms with Crippen LogP contribution in [0, 0.1) is 11.3 Å². The molecule has 3 heterocycles. The molecule has 124 valence electrons. The number of nitriles is 1. The molecule has 1 saturated heterocycles. The number of hydrogen-bond acceptors (Lipinski definition) is 5. The normalized spacial score (nSPS) is 19.4. The number of nitrogen functional groups attached to an aromatic ring is 1. The largest absolute Gasteiger partial charge is 0.397 e. The molecule has 7 heteroatoms. The van der Waals surface area contributed by atoms with Crippen LogP contribution in [0.2, 0.25) is 0 Å². The predicted molar refractivity (Wildman–Crippen MR) is 101 cm³/mol. The Balaban J connectivity index is 1.62. The Kier molecular flexibility index (Phi) is 3.94. The monoisotopic (exact) mass is 412 g/mol. The van der Waals surface area contributed by atoms with Crippen molar-refractivity contribution in [2.24, 2.45) is 0 Å². The number of nitrogens with zero attached hydrogens (tertiary/aromatic N) is 3. The first kappa shape index (κ1) is 16.1. The highest BCUT2D eigenvalue weighted by molar-refractivity contribution is 9.10. The molecule has 1 aliphatic rings. The van der Waals surface area contributed by atoms with E-state index in [1.165, 1.54) is 11.3 Å². The van der Waals surface area contributed by atoms with Gasteiger partial charge < -0.3 is 10.6 Å². The van der Waals surface area contributed by atoms with Crippen LogP contribution in [0.4, 0.5) is 5.69 Å². The van der Waals surface area contributed by atoms with Crippen molar-refractivity contribution in [2.75, 3.05) is 12.3 Å². The molecule has 25 heavy (non-hydrogen) atoms. The van der Waals surface area contributed by atoms with E-state index in [0.717, 1.165) is 20.3 Å². The molecule has 0 saturated carbocycles. The van der Waals surface area contributed by atoms with Crippen molar-refractivity contribution in [3.63, 3.8) is 0 Å². The number of amides is 1. The average molecular weight is 413 g/mol. The zero-order valence-corrected chi connectivity index (χ0v) is 15.4. The number of carbonyl (C=O) groups is 1. The number of likely N-dealkylation sites (tertiary alicyclic amines) is 1. The molecular weight excluding hydrogens is 400 g/mol. The molecule has 1 aliphatic heterocycles. The van der Waals surface area contributed by atoms with E-state index in [2.05, 4.69) is 27.0 Å². The highest BCUT2D eigenvalue weighted by Gasteiger charge is 2.44. The summed E-state index contributed by atoms with van der Waals surface area (Å²) in [5.74, 6) is -0.170. The Morgan fingerprint density at radius 3 is 2.80 bits per heavy atom. The highest BCUT2D eigenvalue weighted by Crippen LogP contribution is 2.39. The van der Waals surface area contributed by atoms with Gasteiger partial charge in [0.05, 0.1) is 11.8 Å². The van der Waals surface area contributed by atoms with E-state index in [4.69, 9.17) is 5.73 Å². The fourth-order valence-electron chi connectivity index (χ4n) is 3.11. The number of fused-ring (bicyclic) bond motifs is 1. The molecule has 2 unspecified atom stereocenters. The zero-order valence-electron chi connectivity index (χ0n) is 13.0. The minimum atomic E-state index is -0.480. The zero-order chi connectivity index (χ0) is 17.6. The Hall–Kier alpha value is -2.43. The van der Waals surface area contributed by atoms with Gasteiger partial charge in [0.2, 0.25) is 0 Å². The Morgan fingerprint density at radius 2 is 2.12 bits per heavy atom. The van der Waals surface area contributed by atoms with Crippen LogP contribution in [0.3, 0.4) is 0 Å². The maximum Gasteiger partial charge on any atom is 0.267 e. The third-order valence-corrected chi connectivity index (χ3v) is 6.15. The van der Waals surface area contributed by atoms with Crippen LogP contribution in [-0.4, -0.2) is 28.4 Å². The summed E-state index contributed by atoms with van der Waals surface area (Å²) in [7, 11) is 0. The van der Waals surface area contributed by atoms with Crippen molar-refractivity contribution in [3.05, 3.63) is 57.5 Å². The number of aromatic nitrogens is 1. The summed E-state index contributed by atoms with van der Waals surface area (Å²) in [6, 6.07) is 13.3. The number of halogens is 1. The number of pyridine rings is 1. The lowest BCUT2D eigenvalue weighted by atomic mass is 9.83. The number of anilines is 1. The van der Waals surface area contributed by atoms with Gasteiger partial charge in [-0.25, -0.2) is 4.98 Å². The van der Waals surface area contributed by atoms with Crippen molar-refractivity contribution in [1.29, 1.82) is 5.26 Å². The third-order valence-electron chi connectivity index (χ3n) is 4.50. The van der Waals surface area contributed by atoms with Crippen LogP contribution in [0.15, 0.2) is 47.1 Å². The van der Waals surface area contributed by atoms with E-state index >= 15 is 0 Å². The van der Waals surface area contributed by atoms with Crippen LogP contribution in [0.5, 0.6) is 0 Å². The second kappa shape index (κ2) is 6.14. The van der Waals surface area contributed by atoms with E-state index in [-0.39, 0.29) is 11.8 Å². The van der Waals surface area contributed by atoms with Crippen molar-refractivity contribution < 1.29 is 4.79 Å². The van der Waals surface area contributed by atoms with Crippen LogP contribution in [0.25, 0.3) is 10.2 Å². The van der Waals surface area contributed by atoms with E-state index in [0.29, 0.717) is 17.1 Å². The summed E-state index contributed by atoms with van der Waals surface area (Å²) >= 11 is 4.69. The SMILES string of the molecule is N#CC1C(c2ccc(Br)cc2)CN1C(=O)c1sc2ncccc2c1N. The lowest BCUT2D eigenvalue weighted by Crippen LogP contribution is -2.56. The summed E-state index contributed by atoms with van der Waals surface area (Å²) in [4.78, 5) is 19.9. The first-order valence-electron chi connectivity index (χ1n) is 7.69. The van der Waals surface area contributed by atoms with Crippen LogP contribution in [0.1, 0.15) is 21.2 Å². The number of benzene rings is 1. The fraction of sp³-hybridized carbons (Fsp3) is 0.167. The van der Waals surface area contributed by atoms with Gasteiger partial charge in [0, 0.05) is 28.5 Å². The van der Waals surface area contributed by atoms with Crippen molar-refractivity contribution in [1.82, 2.24) is 9.88 Å². The first-order valence-corrected chi connectivity index (χ1v) is 9.30. The molecular formula is C18H13BrN4OS. The quantitative estimate of drug-likeness (QED) is 0.693. The predicted octanol–water partition coefficient (Wildman–Crippen LogP) is 3.77. The molecule has 2 N–H and O–H groups in total. The third kappa shape index (κ3) is 2.58. The van der Waals surface area contributed by atoms with E-state index in [9.17, 15) is 10.1 Å². The number of nitrogens with two attached hydrogens (primary N) is 1. The molecule has 0 spiro atoms. The molecule has 2 atom stereocenters. The molecule has 0 radical (unpaired) electrons. The molecule has 0 aliphatic carbocycles. The van der Waals surface area contributed by atoms with Gasteiger partial charge in [0.1, 0.15) is 15.7 Å². The van der Waals surface area contributed by atoms with E-state index in [1.54, 1.807) is 17.2 Å². The number of rotatable bonds is 2. The van der Waals surface area contributed by atoms with Gasteiger partial charge in [0.25, 0.3) is 5.91 Å². The Labute approximate surface area is 156 Å². The molecule has 1 aromatic carbocycles. The van der Waals surface area contributed by atoms with Crippen molar-refractivity contribution in [3.8, 4) is 6.07 Å².